The van der Waals surface area contributed by atoms with E-state index < -0.39 is 0 Å². The van der Waals surface area contributed by atoms with Gasteiger partial charge in [0.2, 0.25) is 0 Å². The number of benzene rings is 7. The highest BCUT2D eigenvalue weighted by atomic mass is 32.1. The first kappa shape index (κ1) is 37.0. The fourth-order valence-electron chi connectivity index (χ4n) is 8.64. The minimum Gasteiger partial charge on any atom is -0.296 e. The maximum absolute atomic E-state index is 4.67. The summed E-state index contributed by atoms with van der Waals surface area (Å²) < 4.78 is 4.96. The molecular formula is C56H37N5S2. The average molecular weight is 844 g/mol. The Bertz CT molecular complexity index is 3300. The largest absolute Gasteiger partial charge is 0.296 e. The van der Waals surface area contributed by atoms with Crippen LogP contribution in [0.5, 0.6) is 0 Å². The van der Waals surface area contributed by atoms with Crippen LogP contribution < -0.4 is 9.80 Å². The van der Waals surface area contributed by atoms with Crippen LogP contribution in [0.25, 0.3) is 68.5 Å². The van der Waals surface area contributed by atoms with Crippen molar-refractivity contribution >= 4 is 99.0 Å². The summed E-state index contributed by atoms with van der Waals surface area (Å²) in [6.45, 7) is 0. The summed E-state index contributed by atoms with van der Waals surface area (Å²) in [7, 11) is 0. The standard InChI is InChI=1S/C56H37N5S2/c1-2-14-44(15-3-1)61-55(59(47-26-28-49-40(34-47)12-8-32-57-49)45-22-18-38(19-23-45)53-36-42-10-4-6-16-51(42)62-53)30-31-56(61)60(48-27-29-50-41(35-48)13-9-33-58-50)46-24-20-39(21-25-46)54-37-43-11-5-7-17-52(43)63-54/h1-37H. The molecule has 0 amide bonds. The molecule has 7 heteroatoms. The zero-order chi connectivity index (χ0) is 41.7. The Morgan fingerprint density at radius 3 is 1.25 bits per heavy atom. The van der Waals surface area contributed by atoms with E-state index in [1.54, 1.807) is 0 Å². The molecule has 0 N–H and O–H groups in total. The molecule has 0 atom stereocenters. The van der Waals surface area contributed by atoms with Crippen LogP contribution in [0, 0.1) is 0 Å². The minimum absolute atomic E-state index is 0.955. The molecule has 0 bridgehead atoms. The molecule has 0 spiro atoms. The van der Waals surface area contributed by atoms with Crippen LogP contribution in [-0.2, 0) is 0 Å². The third kappa shape index (κ3) is 6.80. The lowest BCUT2D eigenvalue weighted by molar-refractivity contribution is 1.01. The monoisotopic (exact) mass is 843 g/mol. The quantitative estimate of drug-likeness (QED) is 0.145. The highest BCUT2D eigenvalue weighted by Crippen LogP contribution is 2.46. The number of fused-ring (bicyclic) bond motifs is 4. The van der Waals surface area contributed by atoms with Gasteiger partial charge in [0.15, 0.2) is 0 Å². The normalized spacial score (nSPS) is 11.5. The molecule has 5 aromatic heterocycles. The number of anilines is 6. The Hall–Kier alpha value is -7.84. The molecule has 0 saturated carbocycles. The molecule has 63 heavy (non-hydrogen) atoms. The number of para-hydroxylation sites is 1. The number of nitrogens with zero attached hydrogens (tertiary/aromatic N) is 5. The highest BCUT2D eigenvalue weighted by Gasteiger charge is 2.25. The maximum atomic E-state index is 4.67. The molecule has 298 valence electrons. The molecule has 0 aliphatic heterocycles. The Balaban J connectivity index is 1.05. The van der Waals surface area contributed by atoms with E-state index in [0.29, 0.717) is 0 Å². The molecule has 0 unspecified atom stereocenters. The van der Waals surface area contributed by atoms with Crippen molar-refractivity contribution in [3.8, 4) is 26.6 Å². The number of rotatable bonds is 9. The maximum Gasteiger partial charge on any atom is 0.124 e. The fourth-order valence-corrected chi connectivity index (χ4v) is 10.8. The van der Waals surface area contributed by atoms with Crippen molar-refractivity contribution in [3.63, 3.8) is 0 Å². The van der Waals surface area contributed by atoms with Crippen molar-refractivity contribution in [2.24, 2.45) is 0 Å². The smallest absolute Gasteiger partial charge is 0.124 e. The van der Waals surface area contributed by atoms with E-state index in [4.69, 9.17) is 0 Å². The molecule has 0 aliphatic rings. The first-order chi connectivity index (χ1) is 31.2. The van der Waals surface area contributed by atoms with E-state index in [2.05, 4.69) is 225 Å². The molecule has 12 rings (SSSR count). The summed E-state index contributed by atoms with van der Waals surface area (Å²) in [4.78, 5) is 16.6. The lowest BCUT2D eigenvalue weighted by Crippen LogP contribution is -2.18. The number of aromatic nitrogens is 3. The van der Waals surface area contributed by atoms with Crippen molar-refractivity contribution in [1.82, 2.24) is 14.5 Å². The lowest BCUT2D eigenvalue weighted by atomic mass is 10.1. The van der Waals surface area contributed by atoms with Gasteiger partial charge in [-0.1, -0.05) is 91.0 Å². The molecule has 0 saturated heterocycles. The van der Waals surface area contributed by atoms with Crippen molar-refractivity contribution in [2.45, 2.75) is 0 Å². The van der Waals surface area contributed by atoms with Gasteiger partial charge in [-0.05, 0) is 143 Å². The van der Waals surface area contributed by atoms with Gasteiger partial charge in [-0.2, -0.15) is 0 Å². The van der Waals surface area contributed by atoms with Crippen LogP contribution in [0.1, 0.15) is 0 Å². The van der Waals surface area contributed by atoms with Crippen LogP contribution in [0.4, 0.5) is 34.4 Å². The third-order valence-electron chi connectivity index (χ3n) is 11.7. The van der Waals surface area contributed by atoms with Gasteiger partial charge in [0, 0.05) is 70.8 Å². The third-order valence-corrected chi connectivity index (χ3v) is 14.0. The van der Waals surface area contributed by atoms with Gasteiger partial charge in [0.25, 0.3) is 0 Å². The summed E-state index contributed by atoms with van der Waals surface area (Å²) in [5.41, 5.74) is 9.48. The van der Waals surface area contributed by atoms with E-state index in [1.807, 2.05) is 47.2 Å². The van der Waals surface area contributed by atoms with Gasteiger partial charge in [0.05, 0.1) is 11.0 Å². The summed E-state index contributed by atoms with van der Waals surface area (Å²) in [6.07, 6.45) is 3.71. The molecule has 5 nitrogen and oxygen atoms in total. The molecule has 0 aliphatic carbocycles. The Kier molecular flexibility index (Phi) is 9.13. The summed E-state index contributed by atoms with van der Waals surface area (Å²) >= 11 is 3.66. The number of thiophene rings is 2. The fraction of sp³-hybridized carbons (Fsp3) is 0. The molecule has 12 aromatic rings. The molecule has 5 heterocycles. The van der Waals surface area contributed by atoms with Crippen LogP contribution in [0.15, 0.2) is 225 Å². The summed E-state index contributed by atoms with van der Waals surface area (Å²) in [5, 5.41) is 4.68. The van der Waals surface area contributed by atoms with E-state index in [0.717, 1.165) is 61.9 Å². The van der Waals surface area contributed by atoms with Gasteiger partial charge in [-0.25, -0.2) is 0 Å². The van der Waals surface area contributed by atoms with E-state index >= 15 is 0 Å². The SMILES string of the molecule is c1ccc(-n2c(N(c3ccc(-c4cc5ccccc5s4)cc3)c3ccc4ncccc4c3)ccc2N(c2ccc(-c3cc4ccccc4s3)cc2)c2ccc3ncccc3c2)cc1. The molecule has 7 aromatic carbocycles. The average Bonchev–Trinajstić information content (AvgIpc) is 4.10. The van der Waals surface area contributed by atoms with Crippen molar-refractivity contribution < 1.29 is 0 Å². The van der Waals surface area contributed by atoms with Crippen molar-refractivity contribution in [2.75, 3.05) is 9.80 Å². The second-order valence-corrected chi connectivity index (χ2v) is 17.7. The Morgan fingerprint density at radius 1 is 0.349 bits per heavy atom. The first-order valence-corrected chi connectivity index (χ1v) is 22.6. The summed E-state index contributed by atoms with van der Waals surface area (Å²) in [6, 6.07) is 76.3. The van der Waals surface area contributed by atoms with Crippen LogP contribution in [-0.4, -0.2) is 14.5 Å². The van der Waals surface area contributed by atoms with E-state index in [9.17, 15) is 0 Å². The second-order valence-electron chi connectivity index (χ2n) is 15.5. The minimum atomic E-state index is 0.955. The summed E-state index contributed by atoms with van der Waals surface area (Å²) in [5.74, 6) is 1.98. The molecular weight excluding hydrogens is 807 g/mol. The second kappa shape index (κ2) is 15.6. The highest BCUT2D eigenvalue weighted by molar-refractivity contribution is 7.22. The van der Waals surface area contributed by atoms with Gasteiger partial charge < -0.3 is 0 Å². The first-order valence-electron chi connectivity index (χ1n) is 21.0. The van der Waals surface area contributed by atoms with E-state index in [1.165, 1.54) is 41.1 Å². The van der Waals surface area contributed by atoms with Crippen molar-refractivity contribution in [3.05, 3.63) is 225 Å². The molecule has 0 fully saturated rings. The van der Waals surface area contributed by atoms with Gasteiger partial charge in [-0.15, -0.1) is 22.7 Å². The Labute approximate surface area is 372 Å². The van der Waals surface area contributed by atoms with E-state index in [-0.39, 0.29) is 0 Å². The number of hydrogen-bond acceptors (Lipinski definition) is 6. The van der Waals surface area contributed by atoms with Crippen molar-refractivity contribution in [1.29, 1.82) is 0 Å². The molecule has 0 radical (unpaired) electrons. The van der Waals surface area contributed by atoms with Gasteiger partial charge >= 0.3 is 0 Å². The van der Waals surface area contributed by atoms with Crippen LogP contribution in [0.2, 0.25) is 0 Å². The van der Waals surface area contributed by atoms with Crippen LogP contribution in [0.3, 0.4) is 0 Å². The predicted octanol–water partition coefficient (Wildman–Crippen LogP) is 16.3. The zero-order valence-electron chi connectivity index (χ0n) is 33.9. The van der Waals surface area contributed by atoms with Gasteiger partial charge in [-0.3, -0.25) is 24.3 Å². The Morgan fingerprint density at radius 2 is 0.778 bits per heavy atom. The topological polar surface area (TPSA) is 37.2 Å². The lowest BCUT2D eigenvalue weighted by Gasteiger charge is -2.31. The predicted molar refractivity (Wildman–Crippen MR) is 267 cm³/mol. The zero-order valence-corrected chi connectivity index (χ0v) is 35.5. The number of hydrogen-bond donors (Lipinski definition) is 0. The van der Waals surface area contributed by atoms with Crippen LogP contribution >= 0.6 is 22.7 Å². The van der Waals surface area contributed by atoms with Gasteiger partial charge in [0.1, 0.15) is 11.6 Å². The number of pyridine rings is 2.